The van der Waals surface area contributed by atoms with E-state index in [-0.39, 0.29) is 5.88 Å². The second-order valence-electron chi connectivity index (χ2n) is 8.21. The molecule has 4 rings (SSSR count). The topological polar surface area (TPSA) is 104 Å². The summed E-state index contributed by atoms with van der Waals surface area (Å²) < 4.78 is 22.9. The molecule has 3 aromatic rings. The molecule has 0 aliphatic carbocycles. The Hall–Kier alpha value is -4.44. The number of rotatable bonds is 9. The summed E-state index contributed by atoms with van der Waals surface area (Å²) in [5, 5.41) is 9.84. The van der Waals surface area contributed by atoms with E-state index in [0.29, 0.717) is 47.3 Å². The number of para-hydroxylation sites is 1. The zero-order chi connectivity index (χ0) is 25.5. The number of unbranched alkanes of at least 4 members (excludes halogenated alkanes) is 1. The fourth-order valence-corrected chi connectivity index (χ4v) is 4.04. The summed E-state index contributed by atoms with van der Waals surface area (Å²) in [5.41, 5.74) is 8.32. The van der Waals surface area contributed by atoms with Gasteiger partial charge in [-0.1, -0.05) is 43.7 Å². The highest BCUT2D eigenvalue weighted by atomic mass is 16.5. The maximum absolute atomic E-state index is 12.8. The SMILES string of the molecule is CCCCOc1cccc(C(=O)Oc2ccc3c(c2)OC(N)=C(C#N)C3c2ccccc2OCC)c1. The van der Waals surface area contributed by atoms with Crippen LogP contribution in [0.1, 0.15) is 54.1 Å². The molecule has 7 nitrogen and oxygen atoms in total. The Morgan fingerprint density at radius 2 is 1.83 bits per heavy atom. The lowest BCUT2D eigenvalue weighted by Gasteiger charge is -2.27. The molecule has 1 aliphatic heterocycles. The number of fused-ring (bicyclic) bond motifs is 1. The molecule has 1 heterocycles. The van der Waals surface area contributed by atoms with E-state index in [0.717, 1.165) is 24.0 Å². The number of nitrogens with two attached hydrogens (primary N) is 1. The first kappa shape index (κ1) is 24.7. The smallest absolute Gasteiger partial charge is 0.343 e. The molecular weight excluding hydrogens is 456 g/mol. The Kier molecular flexibility index (Phi) is 7.76. The van der Waals surface area contributed by atoms with E-state index in [4.69, 9.17) is 24.7 Å². The number of carbonyl (C=O) groups is 1. The molecule has 0 aromatic heterocycles. The van der Waals surface area contributed by atoms with Gasteiger partial charge in [0.25, 0.3) is 0 Å². The van der Waals surface area contributed by atoms with Gasteiger partial charge in [-0.15, -0.1) is 0 Å². The molecule has 0 amide bonds. The number of carbonyl (C=O) groups excluding carboxylic acids is 1. The Morgan fingerprint density at radius 1 is 1.00 bits per heavy atom. The third-order valence-electron chi connectivity index (χ3n) is 5.77. The van der Waals surface area contributed by atoms with Gasteiger partial charge in [-0.05, 0) is 43.7 Å². The lowest BCUT2D eigenvalue weighted by atomic mass is 9.83. The Labute approximate surface area is 210 Å². The maximum atomic E-state index is 12.8. The predicted octanol–water partition coefficient (Wildman–Crippen LogP) is 5.70. The van der Waals surface area contributed by atoms with Crippen LogP contribution >= 0.6 is 0 Å². The first-order valence-corrected chi connectivity index (χ1v) is 11.9. The minimum Gasteiger partial charge on any atom is -0.494 e. The van der Waals surface area contributed by atoms with Gasteiger partial charge >= 0.3 is 5.97 Å². The monoisotopic (exact) mass is 484 g/mol. The summed E-state index contributed by atoms with van der Waals surface area (Å²) in [6.45, 7) is 5.06. The number of hydrogen-bond donors (Lipinski definition) is 1. The highest BCUT2D eigenvalue weighted by molar-refractivity contribution is 5.91. The summed E-state index contributed by atoms with van der Waals surface area (Å²) >= 11 is 0. The van der Waals surface area contributed by atoms with E-state index >= 15 is 0 Å². The number of allylic oxidation sites excluding steroid dienone is 1. The first-order valence-electron chi connectivity index (χ1n) is 11.9. The van der Waals surface area contributed by atoms with E-state index in [1.54, 1.807) is 42.5 Å². The van der Waals surface area contributed by atoms with Crippen molar-refractivity contribution < 1.29 is 23.7 Å². The van der Waals surface area contributed by atoms with E-state index < -0.39 is 11.9 Å². The number of benzene rings is 3. The van der Waals surface area contributed by atoms with Gasteiger partial charge in [-0.2, -0.15) is 5.26 Å². The minimum absolute atomic E-state index is 0.00158. The number of esters is 1. The van der Waals surface area contributed by atoms with Crippen LogP contribution in [0.15, 0.2) is 78.2 Å². The fraction of sp³-hybridized carbons (Fsp3) is 0.241. The second kappa shape index (κ2) is 11.3. The minimum atomic E-state index is -0.522. The van der Waals surface area contributed by atoms with E-state index in [9.17, 15) is 10.1 Å². The molecular formula is C29H28N2O5. The maximum Gasteiger partial charge on any atom is 0.343 e. The highest BCUT2D eigenvalue weighted by Gasteiger charge is 2.33. The van der Waals surface area contributed by atoms with E-state index in [1.807, 2.05) is 31.2 Å². The molecule has 0 bridgehead atoms. The second-order valence-corrected chi connectivity index (χ2v) is 8.21. The van der Waals surface area contributed by atoms with E-state index in [2.05, 4.69) is 13.0 Å². The van der Waals surface area contributed by atoms with Gasteiger partial charge in [0, 0.05) is 17.2 Å². The molecule has 0 spiro atoms. The summed E-state index contributed by atoms with van der Waals surface area (Å²) in [6, 6.07) is 21.6. The summed E-state index contributed by atoms with van der Waals surface area (Å²) in [5.74, 6) is 0.973. The average molecular weight is 485 g/mol. The number of nitriles is 1. The van der Waals surface area contributed by atoms with E-state index in [1.165, 1.54) is 0 Å². The van der Waals surface area contributed by atoms with Crippen molar-refractivity contribution >= 4 is 5.97 Å². The molecule has 7 heteroatoms. The summed E-state index contributed by atoms with van der Waals surface area (Å²) in [4.78, 5) is 12.8. The van der Waals surface area contributed by atoms with Gasteiger partial charge in [-0.25, -0.2) is 4.79 Å². The molecule has 184 valence electrons. The highest BCUT2D eigenvalue weighted by Crippen LogP contribution is 2.45. The van der Waals surface area contributed by atoms with Crippen molar-refractivity contribution in [3.63, 3.8) is 0 Å². The van der Waals surface area contributed by atoms with Crippen LogP contribution in [0.2, 0.25) is 0 Å². The largest absolute Gasteiger partial charge is 0.494 e. The molecule has 1 unspecified atom stereocenters. The van der Waals surface area contributed by atoms with Crippen LogP contribution in [-0.2, 0) is 0 Å². The fourth-order valence-electron chi connectivity index (χ4n) is 4.04. The number of hydrogen-bond acceptors (Lipinski definition) is 7. The van der Waals surface area contributed by atoms with Crippen molar-refractivity contribution in [3.05, 3.63) is 94.9 Å². The average Bonchev–Trinajstić information content (AvgIpc) is 2.89. The van der Waals surface area contributed by atoms with Crippen molar-refractivity contribution in [2.24, 2.45) is 5.73 Å². The van der Waals surface area contributed by atoms with Gasteiger partial charge in [-0.3, -0.25) is 0 Å². The van der Waals surface area contributed by atoms with Crippen molar-refractivity contribution in [2.45, 2.75) is 32.6 Å². The van der Waals surface area contributed by atoms with Crippen molar-refractivity contribution in [1.29, 1.82) is 5.26 Å². The molecule has 0 saturated heterocycles. The molecule has 36 heavy (non-hydrogen) atoms. The zero-order valence-corrected chi connectivity index (χ0v) is 20.3. The van der Waals surface area contributed by atoms with Gasteiger partial charge in [0.1, 0.15) is 34.6 Å². The Balaban J connectivity index is 1.62. The molecule has 0 fully saturated rings. The van der Waals surface area contributed by atoms with Crippen molar-refractivity contribution in [1.82, 2.24) is 0 Å². The van der Waals surface area contributed by atoms with Crippen LogP contribution in [0.4, 0.5) is 0 Å². The van der Waals surface area contributed by atoms with Crippen LogP contribution < -0.4 is 24.7 Å². The lowest BCUT2D eigenvalue weighted by Crippen LogP contribution is -2.21. The normalized spacial score (nSPS) is 14.3. The lowest BCUT2D eigenvalue weighted by molar-refractivity contribution is 0.0734. The quantitative estimate of drug-likeness (QED) is 0.236. The van der Waals surface area contributed by atoms with Crippen LogP contribution in [0.3, 0.4) is 0 Å². The molecule has 2 N–H and O–H groups in total. The summed E-state index contributed by atoms with van der Waals surface area (Å²) in [6.07, 6.45) is 1.96. The van der Waals surface area contributed by atoms with Gasteiger partial charge in [0.15, 0.2) is 0 Å². The number of nitrogens with zero attached hydrogens (tertiary/aromatic N) is 1. The van der Waals surface area contributed by atoms with Crippen LogP contribution in [0, 0.1) is 11.3 Å². The van der Waals surface area contributed by atoms with Gasteiger partial charge in [0.05, 0.1) is 24.7 Å². The molecule has 0 radical (unpaired) electrons. The third-order valence-corrected chi connectivity index (χ3v) is 5.77. The van der Waals surface area contributed by atoms with Crippen LogP contribution in [0.25, 0.3) is 0 Å². The van der Waals surface area contributed by atoms with Gasteiger partial charge in [0.2, 0.25) is 5.88 Å². The third kappa shape index (κ3) is 5.28. The predicted molar refractivity (Wildman–Crippen MR) is 135 cm³/mol. The first-order chi connectivity index (χ1) is 17.5. The molecule has 1 aliphatic rings. The molecule has 3 aromatic carbocycles. The standard InChI is InChI=1S/C29H28N2O5/c1-3-5-15-34-20-10-8-9-19(16-20)29(32)35-21-13-14-23-26(17-21)36-28(31)24(18-30)27(23)22-11-6-7-12-25(22)33-4-2/h6-14,16-17,27H,3-5,15,31H2,1-2H3. The Bertz CT molecular complexity index is 1330. The van der Waals surface area contributed by atoms with Gasteiger partial charge < -0.3 is 24.7 Å². The summed E-state index contributed by atoms with van der Waals surface area (Å²) in [7, 11) is 0. The van der Waals surface area contributed by atoms with Crippen LogP contribution in [0.5, 0.6) is 23.0 Å². The zero-order valence-electron chi connectivity index (χ0n) is 20.3. The number of ether oxygens (including phenoxy) is 4. The van der Waals surface area contributed by atoms with Crippen LogP contribution in [-0.4, -0.2) is 19.2 Å². The van der Waals surface area contributed by atoms with Crippen molar-refractivity contribution in [3.8, 4) is 29.1 Å². The molecule has 1 atom stereocenters. The molecule has 0 saturated carbocycles. The Morgan fingerprint density at radius 3 is 2.61 bits per heavy atom. The van der Waals surface area contributed by atoms with Crippen molar-refractivity contribution in [2.75, 3.05) is 13.2 Å².